The van der Waals surface area contributed by atoms with Crippen molar-refractivity contribution in [1.82, 2.24) is 4.90 Å². The number of hydrogen-bond donors (Lipinski definition) is 0. The molecule has 0 atom stereocenters. The molecule has 1 amide bonds. The average Bonchev–Trinajstić information content (AvgIpc) is 2.34. The third-order valence-electron chi connectivity index (χ3n) is 2.36. The van der Waals surface area contributed by atoms with Crippen molar-refractivity contribution < 1.29 is 14.3 Å². The van der Waals surface area contributed by atoms with Crippen LogP contribution < -0.4 is 4.74 Å². The van der Waals surface area contributed by atoms with Gasteiger partial charge in [0.15, 0.2) is 5.75 Å². The maximum absolute atomic E-state index is 11.8. The second kappa shape index (κ2) is 5.58. The summed E-state index contributed by atoms with van der Waals surface area (Å²) in [6, 6.07) is 4.73. The zero-order chi connectivity index (χ0) is 12.3. The van der Waals surface area contributed by atoms with E-state index in [1.54, 1.807) is 17.0 Å². The minimum Gasteiger partial charge on any atom is -0.409 e. The van der Waals surface area contributed by atoms with E-state index in [-0.39, 0.29) is 0 Å². The van der Waals surface area contributed by atoms with Crippen molar-refractivity contribution >= 4 is 29.3 Å². The third kappa shape index (κ3) is 3.25. The Morgan fingerprint density at radius 1 is 1.29 bits per heavy atom. The largest absolute Gasteiger partial charge is 0.415 e. The molecule has 0 aromatic heterocycles. The molecule has 2 rings (SSSR count). The average molecular weight is 276 g/mol. The van der Waals surface area contributed by atoms with E-state index < -0.39 is 6.09 Å². The first-order valence-corrected chi connectivity index (χ1v) is 5.92. The summed E-state index contributed by atoms with van der Waals surface area (Å²) in [5.74, 6) is 0.313. The van der Waals surface area contributed by atoms with Gasteiger partial charge in [-0.25, -0.2) is 4.79 Å². The zero-order valence-electron chi connectivity index (χ0n) is 8.99. The predicted octanol–water partition coefficient (Wildman–Crippen LogP) is 2.82. The number of nitrogens with zero attached hydrogens (tertiary/aromatic N) is 1. The van der Waals surface area contributed by atoms with E-state index in [1.807, 2.05) is 0 Å². The van der Waals surface area contributed by atoms with E-state index in [4.69, 9.17) is 32.7 Å². The number of halogens is 2. The number of morpholine rings is 1. The van der Waals surface area contributed by atoms with Gasteiger partial charge in [-0.05, 0) is 18.2 Å². The highest BCUT2D eigenvalue weighted by molar-refractivity contribution is 6.35. The number of carbonyl (C=O) groups excluding carboxylic acids is 1. The first kappa shape index (κ1) is 12.5. The van der Waals surface area contributed by atoms with Gasteiger partial charge in [0.2, 0.25) is 0 Å². The molecule has 1 aliphatic rings. The molecule has 17 heavy (non-hydrogen) atoms. The van der Waals surface area contributed by atoms with Gasteiger partial charge in [-0.2, -0.15) is 0 Å². The molecule has 92 valence electrons. The monoisotopic (exact) mass is 275 g/mol. The third-order valence-corrected chi connectivity index (χ3v) is 2.89. The van der Waals surface area contributed by atoms with E-state index in [9.17, 15) is 4.79 Å². The zero-order valence-corrected chi connectivity index (χ0v) is 10.5. The van der Waals surface area contributed by atoms with E-state index in [1.165, 1.54) is 6.07 Å². The summed E-state index contributed by atoms with van der Waals surface area (Å²) >= 11 is 11.7. The molecule has 0 aliphatic carbocycles. The van der Waals surface area contributed by atoms with Gasteiger partial charge in [0, 0.05) is 18.1 Å². The first-order chi connectivity index (χ1) is 8.16. The molecule has 1 saturated heterocycles. The van der Waals surface area contributed by atoms with Crippen molar-refractivity contribution in [2.45, 2.75) is 0 Å². The number of benzene rings is 1. The normalized spacial score (nSPS) is 15.8. The van der Waals surface area contributed by atoms with Gasteiger partial charge in [0.1, 0.15) is 0 Å². The van der Waals surface area contributed by atoms with Crippen molar-refractivity contribution in [2.24, 2.45) is 0 Å². The quantitative estimate of drug-likeness (QED) is 0.791. The number of carbonyl (C=O) groups is 1. The van der Waals surface area contributed by atoms with Crippen LogP contribution in [0.2, 0.25) is 10.0 Å². The molecule has 0 saturated carbocycles. The van der Waals surface area contributed by atoms with E-state index in [0.29, 0.717) is 42.1 Å². The Balaban J connectivity index is 2.02. The van der Waals surface area contributed by atoms with Gasteiger partial charge in [0.05, 0.1) is 18.2 Å². The summed E-state index contributed by atoms with van der Waals surface area (Å²) in [6.45, 7) is 2.13. The van der Waals surface area contributed by atoms with Gasteiger partial charge < -0.3 is 14.4 Å². The summed E-state index contributed by atoms with van der Waals surface area (Å²) in [6.07, 6.45) is -0.419. The Morgan fingerprint density at radius 2 is 2.00 bits per heavy atom. The lowest BCUT2D eigenvalue weighted by molar-refractivity contribution is 0.0416. The Hall–Kier alpha value is -0.970. The molecular weight excluding hydrogens is 265 g/mol. The molecule has 1 aliphatic heterocycles. The predicted molar refractivity (Wildman–Crippen MR) is 64.9 cm³/mol. The van der Waals surface area contributed by atoms with E-state index in [2.05, 4.69) is 0 Å². The van der Waals surface area contributed by atoms with Crippen LogP contribution in [0.15, 0.2) is 18.2 Å². The van der Waals surface area contributed by atoms with Crippen LogP contribution in [0.3, 0.4) is 0 Å². The molecule has 4 nitrogen and oxygen atoms in total. The van der Waals surface area contributed by atoms with Crippen LogP contribution in [-0.2, 0) is 4.74 Å². The number of rotatable bonds is 1. The Labute approximate surface area is 109 Å². The van der Waals surface area contributed by atoms with Crippen molar-refractivity contribution in [3.8, 4) is 5.75 Å². The topological polar surface area (TPSA) is 38.8 Å². The lowest BCUT2D eigenvalue weighted by atomic mass is 10.3. The Bertz CT molecular complexity index is 419. The van der Waals surface area contributed by atoms with Gasteiger partial charge in [-0.15, -0.1) is 0 Å². The fourth-order valence-corrected chi connectivity index (χ4v) is 1.91. The lowest BCUT2D eigenvalue weighted by Crippen LogP contribution is -2.42. The van der Waals surface area contributed by atoms with Gasteiger partial charge in [0.25, 0.3) is 0 Å². The van der Waals surface area contributed by atoms with Crippen molar-refractivity contribution in [2.75, 3.05) is 26.3 Å². The molecular formula is C11H11Cl2NO3. The Morgan fingerprint density at radius 3 is 2.65 bits per heavy atom. The molecule has 0 N–H and O–H groups in total. The van der Waals surface area contributed by atoms with Crippen LogP contribution >= 0.6 is 23.2 Å². The van der Waals surface area contributed by atoms with E-state index >= 15 is 0 Å². The lowest BCUT2D eigenvalue weighted by Gasteiger charge is -2.25. The molecule has 1 aromatic carbocycles. The van der Waals surface area contributed by atoms with Crippen LogP contribution in [0, 0.1) is 0 Å². The van der Waals surface area contributed by atoms with Gasteiger partial charge in [-0.3, -0.25) is 0 Å². The molecule has 0 spiro atoms. The maximum Gasteiger partial charge on any atom is 0.415 e. The standard InChI is InChI=1S/C11H11Cl2NO3/c12-8-1-2-10(9(13)7-8)17-11(15)14-3-5-16-6-4-14/h1-2,7H,3-6H2. The fraction of sp³-hybridized carbons (Fsp3) is 0.364. The highest BCUT2D eigenvalue weighted by Crippen LogP contribution is 2.27. The molecule has 6 heteroatoms. The van der Waals surface area contributed by atoms with Crippen molar-refractivity contribution in [3.63, 3.8) is 0 Å². The van der Waals surface area contributed by atoms with Crippen LogP contribution in [-0.4, -0.2) is 37.3 Å². The highest BCUT2D eigenvalue weighted by Gasteiger charge is 2.19. The Kier molecular flexibility index (Phi) is 4.10. The maximum atomic E-state index is 11.8. The van der Waals surface area contributed by atoms with E-state index in [0.717, 1.165) is 0 Å². The minimum atomic E-state index is -0.419. The second-order valence-corrected chi connectivity index (χ2v) is 4.39. The van der Waals surface area contributed by atoms with Crippen molar-refractivity contribution in [1.29, 1.82) is 0 Å². The number of amides is 1. The second-order valence-electron chi connectivity index (χ2n) is 3.54. The van der Waals surface area contributed by atoms with Gasteiger partial charge >= 0.3 is 6.09 Å². The SMILES string of the molecule is O=C(Oc1ccc(Cl)cc1Cl)N1CCOCC1. The summed E-state index contributed by atoms with van der Waals surface area (Å²) in [5.41, 5.74) is 0. The van der Waals surface area contributed by atoms with Crippen LogP contribution in [0.1, 0.15) is 0 Å². The molecule has 0 bridgehead atoms. The molecule has 1 aromatic rings. The number of hydrogen-bond acceptors (Lipinski definition) is 3. The highest BCUT2D eigenvalue weighted by atomic mass is 35.5. The van der Waals surface area contributed by atoms with Crippen LogP contribution in [0.5, 0.6) is 5.75 Å². The van der Waals surface area contributed by atoms with Crippen LogP contribution in [0.4, 0.5) is 4.79 Å². The smallest absolute Gasteiger partial charge is 0.409 e. The molecule has 0 unspecified atom stereocenters. The van der Waals surface area contributed by atoms with Crippen LogP contribution in [0.25, 0.3) is 0 Å². The molecule has 1 fully saturated rings. The minimum absolute atomic E-state index is 0.313. The fourth-order valence-electron chi connectivity index (χ4n) is 1.46. The summed E-state index contributed by atoms with van der Waals surface area (Å²) < 4.78 is 10.3. The van der Waals surface area contributed by atoms with Gasteiger partial charge in [-0.1, -0.05) is 23.2 Å². The first-order valence-electron chi connectivity index (χ1n) is 5.16. The van der Waals surface area contributed by atoms with Crippen molar-refractivity contribution in [3.05, 3.63) is 28.2 Å². The number of ether oxygens (including phenoxy) is 2. The summed E-state index contributed by atoms with van der Waals surface area (Å²) in [7, 11) is 0. The summed E-state index contributed by atoms with van der Waals surface area (Å²) in [5, 5.41) is 0.820. The summed E-state index contributed by atoms with van der Waals surface area (Å²) in [4.78, 5) is 13.3. The molecule has 1 heterocycles. The molecule has 0 radical (unpaired) electrons.